The molecule has 1 aromatic rings. The second-order valence-corrected chi connectivity index (χ2v) is 6.41. The van der Waals surface area contributed by atoms with Crippen molar-refractivity contribution in [3.63, 3.8) is 0 Å². The van der Waals surface area contributed by atoms with Gasteiger partial charge in [0.1, 0.15) is 5.82 Å². The minimum absolute atomic E-state index is 0.136. The molecule has 19 heavy (non-hydrogen) atoms. The van der Waals surface area contributed by atoms with Gasteiger partial charge in [-0.25, -0.2) is 4.39 Å². The van der Waals surface area contributed by atoms with Gasteiger partial charge in [0.15, 0.2) is 0 Å². The van der Waals surface area contributed by atoms with Crippen LogP contribution < -0.4 is 5.32 Å². The molecule has 0 heterocycles. The third-order valence-corrected chi connectivity index (χ3v) is 4.63. The molecule has 0 bridgehead atoms. The summed E-state index contributed by atoms with van der Waals surface area (Å²) in [5, 5.41) is 3.63. The highest BCUT2D eigenvalue weighted by Crippen LogP contribution is 2.36. The molecule has 1 aliphatic carbocycles. The largest absolute Gasteiger partial charge is 0.314 e. The molecule has 1 nitrogen and oxygen atoms in total. The predicted octanol–water partition coefficient (Wildman–Crippen LogP) is 4.19. The molecular weight excluding hydrogens is 257 g/mol. The summed E-state index contributed by atoms with van der Waals surface area (Å²) in [6.07, 6.45) is 8.54. The van der Waals surface area contributed by atoms with Gasteiger partial charge in [-0.2, -0.15) is 11.8 Å². The molecule has 1 aliphatic rings. The number of hydrogen-bond acceptors (Lipinski definition) is 2. The van der Waals surface area contributed by atoms with E-state index in [0.717, 1.165) is 6.54 Å². The van der Waals surface area contributed by atoms with Crippen LogP contribution in [0.4, 0.5) is 4.39 Å². The van der Waals surface area contributed by atoms with Crippen molar-refractivity contribution >= 4 is 11.8 Å². The Kier molecular flexibility index (Phi) is 6.18. The minimum atomic E-state index is -0.136. The van der Waals surface area contributed by atoms with E-state index >= 15 is 0 Å². The highest BCUT2D eigenvalue weighted by Gasteiger charge is 2.29. The Labute approximate surface area is 120 Å². The highest BCUT2D eigenvalue weighted by molar-refractivity contribution is 7.98. The summed E-state index contributed by atoms with van der Waals surface area (Å²) >= 11 is 1.93. The van der Waals surface area contributed by atoms with Crippen LogP contribution in [0.3, 0.4) is 0 Å². The molecule has 0 radical (unpaired) electrons. The fourth-order valence-corrected chi connectivity index (χ4v) is 3.14. The van der Waals surface area contributed by atoms with Gasteiger partial charge in [0.05, 0.1) is 0 Å². The molecule has 1 fully saturated rings. The molecule has 3 heteroatoms. The van der Waals surface area contributed by atoms with Gasteiger partial charge < -0.3 is 5.32 Å². The summed E-state index contributed by atoms with van der Waals surface area (Å²) < 4.78 is 12.8. The summed E-state index contributed by atoms with van der Waals surface area (Å²) in [4.78, 5) is 0. The third-order valence-electron chi connectivity index (χ3n) is 3.94. The van der Waals surface area contributed by atoms with Crippen molar-refractivity contribution in [1.29, 1.82) is 0 Å². The molecule has 0 unspecified atom stereocenters. The van der Waals surface area contributed by atoms with Crippen LogP contribution in [0, 0.1) is 5.82 Å². The first-order valence-corrected chi connectivity index (χ1v) is 8.67. The molecule has 0 aliphatic heterocycles. The van der Waals surface area contributed by atoms with Crippen LogP contribution >= 0.6 is 11.8 Å². The van der Waals surface area contributed by atoms with Gasteiger partial charge in [0.2, 0.25) is 0 Å². The SMILES string of the molecule is CSCCCCCNC1CC(c2ccc(F)cc2)C1. The smallest absolute Gasteiger partial charge is 0.123 e. The lowest BCUT2D eigenvalue weighted by Gasteiger charge is -2.36. The van der Waals surface area contributed by atoms with Gasteiger partial charge in [-0.15, -0.1) is 0 Å². The molecule has 1 N–H and O–H groups in total. The molecule has 106 valence electrons. The van der Waals surface area contributed by atoms with Crippen molar-refractivity contribution in [2.45, 2.75) is 44.1 Å². The molecule has 1 aromatic carbocycles. The fraction of sp³-hybridized carbons (Fsp3) is 0.625. The van der Waals surface area contributed by atoms with E-state index in [1.165, 1.54) is 43.4 Å². The third kappa shape index (κ3) is 4.81. The van der Waals surface area contributed by atoms with E-state index in [-0.39, 0.29) is 5.82 Å². The summed E-state index contributed by atoms with van der Waals surface area (Å²) in [5.74, 6) is 1.79. The van der Waals surface area contributed by atoms with Gasteiger partial charge in [-0.1, -0.05) is 18.6 Å². The second-order valence-electron chi connectivity index (χ2n) is 5.42. The molecule has 2 rings (SSSR count). The molecule has 1 saturated carbocycles. The first-order valence-electron chi connectivity index (χ1n) is 7.27. The van der Waals surface area contributed by atoms with E-state index in [1.54, 1.807) is 12.1 Å². The van der Waals surface area contributed by atoms with Crippen LogP contribution in [-0.4, -0.2) is 24.6 Å². The van der Waals surface area contributed by atoms with Gasteiger partial charge in [-0.3, -0.25) is 0 Å². The zero-order valence-electron chi connectivity index (χ0n) is 11.7. The fourth-order valence-electron chi connectivity index (χ4n) is 2.65. The van der Waals surface area contributed by atoms with Gasteiger partial charge in [-0.05, 0) is 67.9 Å². The number of hydrogen-bond donors (Lipinski definition) is 1. The van der Waals surface area contributed by atoms with Crippen LogP contribution in [0.2, 0.25) is 0 Å². The monoisotopic (exact) mass is 281 g/mol. The lowest BCUT2D eigenvalue weighted by Crippen LogP contribution is -2.40. The standard InChI is InChI=1S/C16H24FNS/c1-19-10-4-2-3-9-18-16-11-14(12-16)13-5-7-15(17)8-6-13/h5-8,14,16,18H,2-4,9-12H2,1H3. The van der Waals surface area contributed by atoms with E-state index in [9.17, 15) is 4.39 Å². The quantitative estimate of drug-likeness (QED) is 0.717. The zero-order valence-corrected chi connectivity index (χ0v) is 12.5. The molecule has 0 amide bonds. The van der Waals surface area contributed by atoms with Crippen molar-refractivity contribution in [1.82, 2.24) is 5.32 Å². The van der Waals surface area contributed by atoms with Crippen LogP contribution in [0.5, 0.6) is 0 Å². The number of nitrogens with one attached hydrogen (secondary N) is 1. The molecular formula is C16H24FNS. The van der Waals surface area contributed by atoms with Crippen LogP contribution in [0.1, 0.15) is 43.6 Å². The number of benzene rings is 1. The number of rotatable bonds is 8. The zero-order chi connectivity index (χ0) is 13.5. The van der Waals surface area contributed by atoms with Gasteiger partial charge in [0, 0.05) is 6.04 Å². The van der Waals surface area contributed by atoms with Crippen LogP contribution in [0.15, 0.2) is 24.3 Å². The number of thioether (sulfide) groups is 1. The number of unbranched alkanes of at least 4 members (excludes halogenated alkanes) is 2. The average molecular weight is 281 g/mol. The Morgan fingerprint density at radius 1 is 1.16 bits per heavy atom. The Morgan fingerprint density at radius 2 is 1.89 bits per heavy atom. The Hall–Kier alpha value is -0.540. The molecule has 0 atom stereocenters. The summed E-state index contributed by atoms with van der Waals surface area (Å²) in [6, 6.07) is 7.68. The topological polar surface area (TPSA) is 12.0 Å². The maximum Gasteiger partial charge on any atom is 0.123 e. The minimum Gasteiger partial charge on any atom is -0.314 e. The van der Waals surface area contributed by atoms with E-state index in [4.69, 9.17) is 0 Å². The lowest BCUT2D eigenvalue weighted by atomic mass is 9.76. The van der Waals surface area contributed by atoms with Gasteiger partial charge >= 0.3 is 0 Å². The Morgan fingerprint density at radius 3 is 2.58 bits per heavy atom. The van der Waals surface area contributed by atoms with Crippen molar-refractivity contribution in [2.24, 2.45) is 0 Å². The molecule has 0 aromatic heterocycles. The summed E-state index contributed by atoms with van der Waals surface area (Å²) in [5.41, 5.74) is 1.29. The van der Waals surface area contributed by atoms with Crippen LogP contribution in [0.25, 0.3) is 0 Å². The Balaban J connectivity index is 1.55. The van der Waals surface area contributed by atoms with Crippen molar-refractivity contribution in [2.75, 3.05) is 18.6 Å². The van der Waals surface area contributed by atoms with Gasteiger partial charge in [0.25, 0.3) is 0 Å². The van der Waals surface area contributed by atoms with Crippen LogP contribution in [-0.2, 0) is 0 Å². The van der Waals surface area contributed by atoms with E-state index < -0.39 is 0 Å². The van der Waals surface area contributed by atoms with Crippen molar-refractivity contribution < 1.29 is 4.39 Å². The summed E-state index contributed by atoms with van der Waals surface area (Å²) in [7, 11) is 0. The molecule has 0 spiro atoms. The Bertz CT molecular complexity index is 360. The molecule has 0 saturated heterocycles. The average Bonchev–Trinajstić information content (AvgIpc) is 2.37. The summed E-state index contributed by atoms with van der Waals surface area (Å²) in [6.45, 7) is 1.15. The normalized spacial score (nSPS) is 22.2. The first-order chi connectivity index (χ1) is 9.29. The predicted molar refractivity (Wildman–Crippen MR) is 82.4 cm³/mol. The van der Waals surface area contributed by atoms with Crippen molar-refractivity contribution in [3.8, 4) is 0 Å². The van der Waals surface area contributed by atoms with E-state index in [2.05, 4.69) is 11.6 Å². The first kappa shape index (κ1) is 14.9. The van der Waals surface area contributed by atoms with E-state index in [0.29, 0.717) is 12.0 Å². The van der Waals surface area contributed by atoms with Crippen molar-refractivity contribution in [3.05, 3.63) is 35.6 Å². The highest BCUT2D eigenvalue weighted by atomic mass is 32.2. The lowest BCUT2D eigenvalue weighted by molar-refractivity contribution is 0.290. The number of halogens is 1. The second kappa shape index (κ2) is 7.91. The van der Waals surface area contributed by atoms with E-state index in [1.807, 2.05) is 23.9 Å². The maximum atomic E-state index is 12.8. The maximum absolute atomic E-state index is 12.8.